The first kappa shape index (κ1) is 8.82. The predicted molar refractivity (Wildman–Crippen MR) is 45.1 cm³/mol. The molecule has 0 saturated carbocycles. The fourth-order valence-corrected chi connectivity index (χ4v) is 1.06. The van der Waals surface area contributed by atoms with Crippen molar-refractivity contribution in [3.05, 3.63) is 28.5 Å². The highest BCUT2D eigenvalue weighted by Gasteiger charge is 2.07. The second-order valence-electron chi connectivity index (χ2n) is 2.27. The van der Waals surface area contributed by atoms with Crippen LogP contribution < -0.4 is 5.73 Å². The van der Waals surface area contributed by atoms with Gasteiger partial charge in [0.05, 0.1) is 23.2 Å². The molecule has 0 spiro atoms. The highest BCUT2D eigenvalue weighted by molar-refractivity contribution is 6.33. The molecule has 0 bridgehead atoms. The van der Waals surface area contributed by atoms with Crippen molar-refractivity contribution in [1.29, 1.82) is 5.26 Å². The second-order valence-corrected chi connectivity index (χ2v) is 2.65. The van der Waals surface area contributed by atoms with E-state index in [4.69, 9.17) is 22.6 Å². The lowest BCUT2D eigenvalue weighted by Crippen LogP contribution is -1.95. The molecule has 0 amide bonds. The van der Waals surface area contributed by atoms with E-state index in [-0.39, 0.29) is 17.1 Å². The lowest BCUT2D eigenvalue weighted by atomic mass is 10.1. The Balaban J connectivity index is 3.19. The Morgan fingerprint density at radius 1 is 1.58 bits per heavy atom. The number of hydrogen-bond acceptors (Lipinski definition) is 2. The summed E-state index contributed by atoms with van der Waals surface area (Å²) in [5.74, 6) is -0.554. The summed E-state index contributed by atoms with van der Waals surface area (Å²) in [5.41, 5.74) is 5.76. The van der Waals surface area contributed by atoms with Crippen LogP contribution in [0.2, 0.25) is 5.02 Å². The van der Waals surface area contributed by atoms with Crippen LogP contribution in [-0.4, -0.2) is 0 Å². The summed E-state index contributed by atoms with van der Waals surface area (Å²) in [4.78, 5) is 0. The normalized spacial score (nSPS) is 9.42. The summed E-state index contributed by atoms with van der Waals surface area (Å²) in [6.07, 6.45) is 0.142. The molecule has 0 aliphatic rings. The lowest BCUT2D eigenvalue weighted by molar-refractivity contribution is 0.632. The van der Waals surface area contributed by atoms with Gasteiger partial charge in [-0.25, -0.2) is 4.39 Å². The molecule has 2 N–H and O–H groups in total. The van der Waals surface area contributed by atoms with Crippen LogP contribution in [0.15, 0.2) is 12.1 Å². The van der Waals surface area contributed by atoms with Crippen LogP contribution >= 0.6 is 11.6 Å². The molecule has 0 saturated heterocycles. The molecule has 0 unspecified atom stereocenters. The van der Waals surface area contributed by atoms with Gasteiger partial charge in [-0.2, -0.15) is 5.26 Å². The maximum Gasteiger partial charge on any atom is 0.147 e. The first-order chi connectivity index (χ1) is 5.66. The summed E-state index contributed by atoms with van der Waals surface area (Å²) in [5, 5.41) is 8.50. The van der Waals surface area contributed by atoms with Gasteiger partial charge in [0.15, 0.2) is 0 Å². The van der Waals surface area contributed by atoms with Crippen molar-refractivity contribution in [3.63, 3.8) is 0 Å². The molecular weight excluding hydrogens is 179 g/mol. The number of rotatable bonds is 1. The van der Waals surface area contributed by atoms with E-state index in [1.165, 1.54) is 12.1 Å². The third-order valence-electron chi connectivity index (χ3n) is 1.48. The van der Waals surface area contributed by atoms with Crippen LogP contribution in [0, 0.1) is 17.1 Å². The van der Waals surface area contributed by atoms with E-state index in [0.717, 1.165) is 0 Å². The van der Waals surface area contributed by atoms with Crippen LogP contribution in [0.1, 0.15) is 5.56 Å². The van der Waals surface area contributed by atoms with Gasteiger partial charge in [-0.3, -0.25) is 0 Å². The smallest absolute Gasteiger partial charge is 0.147 e. The lowest BCUT2D eigenvalue weighted by Gasteiger charge is -2.03. The third-order valence-corrected chi connectivity index (χ3v) is 1.92. The molecule has 1 aromatic rings. The van der Waals surface area contributed by atoms with Crippen molar-refractivity contribution in [1.82, 2.24) is 0 Å². The molecule has 12 heavy (non-hydrogen) atoms. The van der Waals surface area contributed by atoms with Crippen LogP contribution in [0.3, 0.4) is 0 Å². The van der Waals surface area contributed by atoms with E-state index in [2.05, 4.69) is 0 Å². The van der Waals surface area contributed by atoms with Crippen molar-refractivity contribution >= 4 is 17.3 Å². The Bertz CT molecular complexity index is 344. The SMILES string of the molecule is N#CCc1ccc(F)c(N)c1Cl. The van der Waals surface area contributed by atoms with Crippen LogP contribution in [0.5, 0.6) is 0 Å². The molecule has 0 aliphatic heterocycles. The Morgan fingerprint density at radius 2 is 2.25 bits per heavy atom. The van der Waals surface area contributed by atoms with Gasteiger partial charge in [0, 0.05) is 0 Å². The van der Waals surface area contributed by atoms with Gasteiger partial charge in [0.25, 0.3) is 0 Å². The van der Waals surface area contributed by atoms with Gasteiger partial charge in [-0.1, -0.05) is 17.7 Å². The number of hydrogen-bond donors (Lipinski definition) is 1. The Morgan fingerprint density at radius 3 is 2.83 bits per heavy atom. The highest BCUT2D eigenvalue weighted by atomic mass is 35.5. The van der Waals surface area contributed by atoms with E-state index < -0.39 is 5.82 Å². The van der Waals surface area contributed by atoms with Gasteiger partial charge >= 0.3 is 0 Å². The topological polar surface area (TPSA) is 49.8 Å². The minimum atomic E-state index is -0.554. The van der Waals surface area contributed by atoms with Gasteiger partial charge in [0.1, 0.15) is 5.82 Å². The molecule has 1 rings (SSSR count). The minimum absolute atomic E-state index is 0.0931. The fraction of sp³-hybridized carbons (Fsp3) is 0.125. The summed E-state index contributed by atoms with van der Waals surface area (Å²) in [7, 11) is 0. The number of nitrogens with two attached hydrogens (primary N) is 1. The largest absolute Gasteiger partial charge is 0.395 e. The van der Waals surface area contributed by atoms with Crippen LogP contribution in [0.4, 0.5) is 10.1 Å². The van der Waals surface area contributed by atoms with E-state index in [0.29, 0.717) is 5.56 Å². The molecule has 0 aliphatic carbocycles. The van der Waals surface area contributed by atoms with E-state index in [1.54, 1.807) is 0 Å². The van der Waals surface area contributed by atoms with Crippen molar-refractivity contribution in [2.45, 2.75) is 6.42 Å². The van der Waals surface area contributed by atoms with Crippen LogP contribution in [-0.2, 0) is 6.42 Å². The van der Waals surface area contributed by atoms with Crippen molar-refractivity contribution in [3.8, 4) is 6.07 Å². The average molecular weight is 185 g/mol. The molecule has 62 valence electrons. The number of benzene rings is 1. The maximum absolute atomic E-state index is 12.7. The number of halogens is 2. The summed E-state index contributed by atoms with van der Waals surface area (Å²) in [6, 6.07) is 4.57. The second kappa shape index (κ2) is 3.42. The molecule has 0 aromatic heterocycles. The monoisotopic (exact) mass is 184 g/mol. The Hall–Kier alpha value is -1.27. The zero-order chi connectivity index (χ0) is 9.14. The van der Waals surface area contributed by atoms with Crippen molar-refractivity contribution in [2.24, 2.45) is 0 Å². The molecule has 0 atom stereocenters. The van der Waals surface area contributed by atoms with Crippen LogP contribution in [0.25, 0.3) is 0 Å². The van der Waals surface area contributed by atoms with E-state index >= 15 is 0 Å². The van der Waals surface area contributed by atoms with Gasteiger partial charge in [-0.15, -0.1) is 0 Å². The summed E-state index contributed by atoms with van der Waals surface area (Å²) < 4.78 is 12.7. The average Bonchev–Trinajstić information content (AvgIpc) is 2.07. The zero-order valence-corrected chi connectivity index (χ0v) is 6.90. The molecule has 1 aromatic carbocycles. The highest BCUT2D eigenvalue weighted by Crippen LogP contribution is 2.26. The Labute approximate surface area is 74.4 Å². The van der Waals surface area contributed by atoms with E-state index in [9.17, 15) is 4.39 Å². The first-order valence-corrected chi connectivity index (χ1v) is 3.64. The first-order valence-electron chi connectivity index (χ1n) is 3.26. The summed E-state index contributed by atoms with van der Waals surface area (Å²) in [6.45, 7) is 0. The Kier molecular flexibility index (Phi) is 2.51. The zero-order valence-electron chi connectivity index (χ0n) is 6.14. The molecule has 0 fully saturated rings. The van der Waals surface area contributed by atoms with Crippen molar-refractivity contribution < 1.29 is 4.39 Å². The van der Waals surface area contributed by atoms with Gasteiger partial charge < -0.3 is 5.73 Å². The quantitative estimate of drug-likeness (QED) is 0.680. The number of nitriles is 1. The summed E-state index contributed by atoms with van der Waals surface area (Å²) >= 11 is 5.66. The van der Waals surface area contributed by atoms with Crippen molar-refractivity contribution in [2.75, 3.05) is 5.73 Å². The molecule has 0 heterocycles. The predicted octanol–water partition coefficient (Wildman–Crippen LogP) is 2.13. The van der Waals surface area contributed by atoms with E-state index in [1.807, 2.05) is 6.07 Å². The number of nitrogens with zero attached hydrogens (tertiary/aromatic N) is 1. The van der Waals surface area contributed by atoms with Gasteiger partial charge in [-0.05, 0) is 11.6 Å². The number of nitrogen functional groups attached to an aromatic ring is 1. The number of anilines is 1. The fourth-order valence-electron chi connectivity index (χ4n) is 0.836. The minimum Gasteiger partial charge on any atom is -0.395 e. The molecule has 4 heteroatoms. The maximum atomic E-state index is 12.7. The van der Waals surface area contributed by atoms with Gasteiger partial charge in [0.2, 0.25) is 0 Å². The third kappa shape index (κ3) is 1.49. The molecular formula is C8H6ClFN2. The standard InChI is InChI=1S/C8H6ClFN2/c9-7-5(3-4-11)1-2-6(10)8(7)12/h1-2H,3,12H2. The molecule has 2 nitrogen and oxygen atoms in total. The molecule has 0 radical (unpaired) electrons.